The highest BCUT2D eigenvalue weighted by molar-refractivity contribution is 5.85. The molecule has 0 aliphatic heterocycles. The monoisotopic (exact) mass is 342 g/mol. The Kier molecular flexibility index (Phi) is 10.9. The number of aliphatic hydroxyl groups is 1. The van der Waals surface area contributed by atoms with Gasteiger partial charge >= 0.3 is 0 Å². The van der Waals surface area contributed by atoms with E-state index in [0.29, 0.717) is 18.4 Å². The summed E-state index contributed by atoms with van der Waals surface area (Å²) in [7, 11) is 0. The molecule has 0 aliphatic carbocycles. The van der Waals surface area contributed by atoms with Gasteiger partial charge in [0.05, 0.1) is 5.92 Å². The number of benzene rings is 1. The highest BCUT2D eigenvalue weighted by Gasteiger charge is 2.22. The summed E-state index contributed by atoms with van der Waals surface area (Å²) in [6.07, 6.45) is 1.72. The molecule has 4 N–H and O–H groups in total. The minimum absolute atomic E-state index is 0. The van der Waals surface area contributed by atoms with Gasteiger partial charge in [0.15, 0.2) is 0 Å². The fraction of sp³-hybridized carbons (Fsp3) is 0.611. The Balaban J connectivity index is 0.00000484. The maximum absolute atomic E-state index is 12.3. The lowest BCUT2D eigenvalue weighted by atomic mass is 9.92. The van der Waals surface area contributed by atoms with E-state index < -0.39 is 0 Å². The summed E-state index contributed by atoms with van der Waals surface area (Å²) in [5, 5.41) is 12.1. The molecule has 0 heterocycles. The number of amides is 1. The maximum Gasteiger partial charge on any atom is 0.224 e. The molecule has 0 bridgehead atoms. The molecule has 4 nitrogen and oxygen atoms in total. The van der Waals surface area contributed by atoms with Gasteiger partial charge in [-0.15, -0.1) is 12.4 Å². The molecule has 1 amide bonds. The predicted molar refractivity (Wildman–Crippen MR) is 97.4 cm³/mol. The zero-order chi connectivity index (χ0) is 16.5. The van der Waals surface area contributed by atoms with Crippen LogP contribution in [0.4, 0.5) is 0 Å². The quantitative estimate of drug-likeness (QED) is 0.646. The van der Waals surface area contributed by atoms with Gasteiger partial charge in [0.25, 0.3) is 0 Å². The Bertz CT molecular complexity index is 440. The molecule has 0 aliphatic rings. The Hall–Kier alpha value is -1.10. The third-order valence-electron chi connectivity index (χ3n) is 4.04. The number of carbonyl (C=O) groups is 1. The van der Waals surface area contributed by atoms with Crippen molar-refractivity contribution in [3.8, 4) is 0 Å². The Morgan fingerprint density at radius 2 is 1.83 bits per heavy atom. The van der Waals surface area contributed by atoms with E-state index in [1.165, 1.54) is 0 Å². The summed E-state index contributed by atoms with van der Waals surface area (Å²) >= 11 is 0. The molecule has 0 fully saturated rings. The summed E-state index contributed by atoms with van der Waals surface area (Å²) in [4.78, 5) is 12.3. The first-order valence-electron chi connectivity index (χ1n) is 8.14. The number of aliphatic hydroxyl groups excluding tert-OH is 1. The Morgan fingerprint density at radius 3 is 2.35 bits per heavy atom. The Morgan fingerprint density at radius 1 is 1.22 bits per heavy atom. The SMILES string of the molecule is CC(C)CC(CCO)CNC(=O)C(C)C(N)c1ccccc1.Cl. The van der Waals surface area contributed by atoms with Crippen molar-refractivity contribution < 1.29 is 9.90 Å². The van der Waals surface area contributed by atoms with Gasteiger partial charge in [0.2, 0.25) is 5.91 Å². The van der Waals surface area contributed by atoms with E-state index in [-0.39, 0.29) is 36.9 Å². The molecular weight excluding hydrogens is 312 g/mol. The molecule has 3 atom stereocenters. The normalized spacial score (nSPS) is 14.7. The lowest BCUT2D eigenvalue weighted by molar-refractivity contribution is -0.125. The van der Waals surface area contributed by atoms with Crippen LogP contribution in [0.1, 0.15) is 45.2 Å². The topological polar surface area (TPSA) is 75.3 Å². The van der Waals surface area contributed by atoms with E-state index in [0.717, 1.165) is 18.4 Å². The molecule has 0 aromatic heterocycles. The average molecular weight is 343 g/mol. The highest BCUT2D eigenvalue weighted by atomic mass is 35.5. The van der Waals surface area contributed by atoms with Crippen molar-refractivity contribution in [3.63, 3.8) is 0 Å². The van der Waals surface area contributed by atoms with E-state index in [4.69, 9.17) is 10.8 Å². The molecule has 1 aromatic rings. The van der Waals surface area contributed by atoms with Crippen LogP contribution in [0.25, 0.3) is 0 Å². The number of halogens is 1. The van der Waals surface area contributed by atoms with Crippen molar-refractivity contribution >= 4 is 18.3 Å². The molecule has 5 heteroatoms. The van der Waals surface area contributed by atoms with Gasteiger partial charge in [0.1, 0.15) is 0 Å². The number of hydrogen-bond donors (Lipinski definition) is 3. The summed E-state index contributed by atoms with van der Waals surface area (Å²) in [5.41, 5.74) is 7.16. The fourth-order valence-corrected chi connectivity index (χ4v) is 2.69. The van der Waals surface area contributed by atoms with Crippen LogP contribution < -0.4 is 11.1 Å². The zero-order valence-corrected chi connectivity index (χ0v) is 15.2. The van der Waals surface area contributed by atoms with E-state index >= 15 is 0 Å². The summed E-state index contributed by atoms with van der Waals surface area (Å²) < 4.78 is 0. The third-order valence-corrected chi connectivity index (χ3v) is 4.04. The van der Waals surface area contributed by atoms with Crippen LogP contribution >= 0.6 is 12.4 Å². The van der Waals surface area contributed by atoms with Crippen molar-refractivity contribution in [2.45, 2.75) is 39.7 Å². The molecule has 3 unspecified atom stereocenters. The summed E-state index contributed by atoms with van der Waals surface area (Å²) in [6.45, 7) is 6.92. The molecule has 1 aromatic carbocycles. The first-order valence-corrected chi connectivity index (χ1v) is 8.14. The van der Waals surface area contributed by atoms with Crippen LogP contribution in [0.3, 0.4) is 0 Å². The number of rotatable bonds is 9. The lowest BCUT2D eigenvalue weighted by Crippen LogP contribution is -2.38. The van der Waals surface area contributed by atoms with Crippen molar-refractivity contribution in [3.05, 3.63) is 35.9 Å². The van der Waals surface area contributed by atoms with Crippen LogP contribution in [-0.4, -0.2) is 24.2 Å². The van der Waals surface area contributed by atoms with Crippen LogP contribution in [0.5, 0.6) is 0 Å². The average Bonchev–Trinajstić information content (AvgIpc) is 2.51. The molecule has 0 radical (unpaired) electrons. The predicted octanol–water partition coefficient (Wildman–Crippen LogP) is 2.91. The minimum atomic E-state index is -0.303. The van der Waals surface area contributed by atoms with Crippen LogP contribution in [-0.2, 0) is 4.79 Å². The first-order chi connectivity index (χ1) is 10.5. The number of carbonyl (C=O) groups excluding carboxylic acids is 1. The number of hydrogen-bond acceptors (Lipinski definition) is 3. The highest BCUT2D eigenvalue weighted by Crippen LogP contribution is 2.20. The number of nitrogens with two attached hydrogens (primary N) is 1. The van der Waals surface area contributed by atoms with E-state index in [9.17, 15) is 4.79 Å². The van der Waals surface area contributed by atoms with Gasteiger partial charge in [-0.05, 0) is 30.2 Å². The smallest absolute Gasteiger partial charge is 0.224 e. The maximum atomic E-state index is 12.3. The van der Waals surface area contributed by atoms with Gasteiger partial charge in [-0.25, -0.2) is 0 Å². The second-order valence-corrected chi connectivity index (χ2v) is 6.48. The van der Waals surface area contributed by atoms with Crippen molar-refractivity contribution in [2.75, 3.05) is 13.2 Å². The van der Waals surface area contributed by atoms with E-state index in [1.54, 1.807) is 0 Å². The third kappa shape index (κ3) is 7.82. The molecule has 132 valence electrons. The number of nitrogens with one attached hydrogen (secondary N) is 1. The van der Waals surface area contributed by atoms with Gasteiger partial charge in [0, 0.05) is 19.2 Å². The molecular formula is C18H31ClN2O2. The van der Waals surface area contributed by atoms with E-state index in [2.05, 4.69) is 19.2 Å². The molecule has 23 heavy (non-hydrogen) atoms. The molecule has 0 saturated carbocycles. The van der Waals surface area contributed by atoms with Crippen LogP contribution in [0.15, 0.2) is 30.3 Å². The Labute approximate surface area is 146 Å². The van der Waals surface area contributed by atoms with Gasteiger partial charge in [-0.2, -0.15) is 0 Å². The summed E-state index contributed by atoms with van der Waals surface area (Å²) in [6, 6.07) is 9.39. The molecule has 1 rings (SSSR count). The van der Waals surface area contributed by atoms with Crippen molar-refractivity contribution in [1.82, 2.24) is 5.32 Å². The minimum Gasteiger partial charge on any atom is -0.396 e. The zero-order valence-electron chi connectivity index (χ0n) is 14.4. The van der Waals surface area contributed by atoms with Gasteiger partial charge in [-0.3, -0.25) is 4.79 Å². The molecule has 0 saturated heterocycles. The van der Waals surface area contributed by atoms with Gasteiger partial charge in [-0.1, -0.05) is 51.1 Å². The van der Waals surface area contributed by atoms with Gasteiger partial charge < -0.3 is 16.2 Å². The van der Waals surface area contributed by atoms with Crippen LogP contribution in [0.2, 0.25) is 0 Å². The second kappa shape index (κ2) is 11.4. The van der Waals surface area contributed by atoms with Crippen LogP contribution in [0, 0.1) is 17.8 Å². The lowest BCUT2D eigenvalue weighted by Gasteiger charge is -2.23. The van der Waals surface area contributed by atoms with Crippen molar-refractivity contribution in [2.24, 2.45) is 23.5 Å². The first kappa shape index (κ1) is 21.9. The fourth-order valence-electron chi connectivity index (χ4n) is 2.69. The second-order valence-electron chi connectivity index (χ2n) is 6.48. The molecule has 0 spiro atoms. The van der Waals surface area contributed by atoms with E-state index in [1.807, 2.05) is 37.3 Å². The van der Waals surface area contributed by atoms with Crippen molar-refractivity contribution in [1.29, 1.82) is 0 Å². The summed E-state index contributed by atoms with van der Waals surface area (Å²) in [5.74, 6) is 0.561. The largest absolute Gasteiger partial charge is 0.396 e. The standard InChI is InChI=1S/C18H30N2O2.ClH/c1-13(2)11-15(9-10-21)12-20-18(22)14(3)17(19)16-7-5-4-6-8-16;/h4-8,13-15,17,21H,9-12,19H2,1-3H3,(H,20,22);1H.